The van der Waals surface area contributed by atoms with Crippen LogP contribution in [0, 0.1) is 0 Å². The van der Waals surface area contributed by atoms with Crippen LogP contribution in [-0.2, 0) is 11.3 Å². The van der Waals surface area contributed by atoms with Crippen LogP contribution in [0.4, 0.5) is 10.6 Å². The second-order valence-corrected chi connectivity index (χ2v) is 5.49. The van der Waals surface area contributed by atoms with E-state index in [0.717, 1.165) is 12.8 Å². The number of nitrogens with one attached hydrogen (secondary N) is 2. The van der Waals surface area contributed by atoms with Gasteiger partial charge in [-0.2, -0.15) is 9.90 Å². The van der Waals surface area contributed by atoms with Gasteiger partial charge in [-0.3, -0.25) is 10.1 Å². The lowest BCUT2D eigenvalue weighted by molar-refractivity contribution is -0.123. The summed E-state index contributed by atoms with van der Waals surface area (Å²) in [5.41, 5.74) is 0. The van der Waals surface area contributed by atoms with E-state index in [1.54, 1.807) is 14.1 Å². The molecule has 0 saturated heterocycles. The molecule has 8 nitrogen and oxygen atoms in total. The lowest BCUT2D eigenvalue weighted by Gasteiger charge is -2.22. The minimum absolute atomic E-state index is 0.0638. The molecular formula is C13H22N6O2. The predicted octanol–water partition coefficient (Wildman–Crippen LogP) is 0.820. The van der Waals surface area contributed by atoms with E-state index < -0.39 is 0 Å². The van der Waals surface area contributed by atoms with Gasteiger partial charge in [0.25, 0.3) is 0 Å². The molecule has 0 aliphatic heterocycles. The fourth-order valence-corrected chi connectivity index (χ4v) is 2.30. The normalized spacial score (nSPS) is 15.5. The summed E-state index contributed by atoms with van der Waals surface area (Å²) in [6, 6.07) is -0.0107. The first-order valence-electron chi connectivity index (χ1n) is 7.22. The zero-order valence-corrected chi connectivity index (χ0v) is 12.5. The zero-order valence-electron chi connectivity index (χ0n) is 12.5. The molecule has 8 heteroatoms. The molecule has 0 aromatic carbocycles. The number of hydrogen-bond acceptors (Lipinski definition) is 4. The van der Waals surface area contributed by atoms with Gasteiger partial charge in [0.1, 0.15) is 6.54 Å². The molecule has 1 fully saturated rings. The molecule has 1 aromatic rings. The second-order valence-electron chi connectivity index (χ2n) is 5.49. The van der Waals surface area contributed by atoms with Crippen LogP contribution in [0.2, 0.25) is 0 Å². The molecule has 0 atom stereocenters. The monoisotopic (exact) mass is 294 g/mol. The van der Waals surface area contributed by atoms with Gasteiger partial charge in [-0.1, -0.05) is 19.3 Å². The summed E-state index contributed by atoms with van der Waals surface area (Å²) in [7, 11) is 3.27. The van der Waals surface area contributed by atoms with Crippen molar-refractivity contribution in [1.82, 2.24) is 25.2 Å². The first kappa shape index (κ1) is 15.3. The SMILES string of the molecule is CN(C)C(=O)Nc1cnn(CC(=O)NC2CCCCC2)n1. The number of nitrogens with zero attached hydrogens (tertiary/aromatic N) is 4. The van der Waals surface area contributed by atoms with E-state index in [0.29, 0.717) is 5.82 Å². The number of carbonyl (C=O) groups is 2. The third kappa shape index (κ3) is 4.73. The summed E-state index contributed by atoms with van der Waals surface area (Å²) in [5.74, 6) is 0.238. The summed E-state index contributed by atoms with van der Waals surface area (Å²) < 4.78 is 0. The third-order valence-corrected chi connectivity index (χ3v) is 3.43. The molecule has 2 N–H and O–H groups in total. The molecular weight excluding hydrogens is 272 g/mol. The second kappa shape index (κ2) is 7.05. The third-order valence-electron chi connectivity index (χ3n) is 3.43. The van der Waals surface area contributed by atoms with Crippen LogP contribution >= 0.6 is 0 Å². The van der Waals surface area contributed by atoms with Gasteiger partial charge in [0.05, 0.1) is 6.20 Å². The number of aromatic nitrogens is 3. The van der Waals surface area contributed by atoms with Crippen LogP contribution in [0.5, 0.6) is 0 Å². The van der Waals surface area contributed by atoms with Gasteiger partial charge < -0.3 is 10.2 Å². The molecule has 116 valence electrons. The highest BCUT2D eigenvalue weighted by molar-refractivity contribution is 5.87. The molecule has 1 saturated carbocycles. The van der Waals surface area contributed by atoms with E-state index >= 15 is 0 Å². The van der Waals surface area contributed by atoms with E-state index in [1.807, 2.05) is 0 Å². The summed E-state index contributed by atoms with van der Waals surface area (Å²) in [4.78, 5) is 26.1. The van der Waals surface area contributed by atoms with Crippen molar-refractivity contribution < 1.29 is 9.59 Å². The first-order valence-corrected chi connectivity index (χ1v) is 7.22. The molecule has 3 amide bonds. The minimum Gasteiger partial charge on any atom is -0.352 e. The molecule has 1 heterocycles. The molecule has 0 bridgehead atoms. The van der Waals surface area contributed by atoms with Gasteiger partial charge in [0.15, 0.2) is 5.82 Å². The predicted molar refractivity (Wildman–Crippen MR) is 77.7 cm³/mol. The number of hydrogen-bond donors (Lipinski definition) is 2. The van der Waals surface area contributed by atoms with E-state index in [4.69, 9.17) is 0 Å². The first-order chi connectivity index (χ1) is 10.0. The fourth-order valence-electron chi connectivity index (χ4n) is 2.30. The van der Waals surface area contributed by atoms with Crippen molar-refractivity contribution in [1.29, 1.82) is 0 Å². The van der Waals surface area contributed by atoms with E-state index in [-0.39, 0.29) is 24.5 Å². The minimum atomic E-state index is -0.284. The van der Waals surface area contributed by atoms with Crippen LogP contribution in [0.3, 0.4) is 0 Å². The van der Waals surface area contributed by atoms with Crippen molar-refractivity contribution in [2.45, 2.75) is 44.7 Å². The van der Waals surface area contributed by atoms with Crippen molar-refractivity contribution in [2.24, 2.45) is 0 Å². The van der Waals surface area contributed by atoms with Gasteiger partial charge in [-0.15, -0.1) is 5.10 Å². The standard InChI is InChI=1S/C13H22N6O2/c1-18(2)13(21)16-11-8-14-19(17-11)9-12(20)15-10-6-4-3-5-7-10/h8,10H,3-7,9H2,1-2H3,(H,15,20)(H,16,17,21). The Hall–Kier alpha value is -2.12. The topological polar surface area (TPSA) is 92.2 Å². The average Bonchev–Trinajstić information content (AvgIpc) is 2.86. The molecule has 0 spiro atoms. The van der Waals surface area contributed by atoms with Crippen LogP contribution < -0.4 is 10.6 Å². The maximum Gasteiger partial charge on any atom is 0.322 e. The summed E-state index contributed by atoms with van der Waals surface area (Å²) in [6.45, 7) is 0.0638. The Labute approximate surface area is 123 Å². The molecule has 1 aromatic heterocycles. The summed E-state index contributed by atoms with van der Waals surface area (Å²) in [5, 5.41) is 13.6. The molecule has 1 aliphatic rings. The van der Waals surface area contributed by atoms with Crippen LogP contribution in [0.15, 0.2) is 6.20 Å². The van der Waals surface area contributed by atoms with Gasteiger partial charge in [0.2, 0.25) is 5.91 Å². The van der Waals surface area contributed by atoms with Gasteiger partial charge in [-0.05, 0) is 12.8 Å². The number of urea groups is 1. The Kier molecular flexibility index (Phi) is 5.13. The van der Waals surface area contributed by atoms with Crippen LogP contribution in [0.25, 0.3) is 0 Å². The summed E-state index contributed by atoms with van der Waals surface area (Å²) in [6.07, 6.45) is 7.11. The Bertz CT molecular complexity index is 493. The Balaban J connectivity index is 1.81. The van der Waals surface area contributed by atoms with Crippen molar-refractivity contribution >= 4 is 17.8 Å². The van der Waals surface area contributed by atoms with Crippen molar-refractivity contribution in [3.05, 3.63) is 6.20 Å². The smallest absolute Gasteiger partial charge is 0.322 e. The van der Waals surface area contributed by atoms with E-state index in [2.05, 4.69) is 20.8 Å². The maximum atomic E-state index is 11.9. The highest BCUT2D eigenvalue weighted by atomic mass is 16.2. The van der Waals surface area contributed by atoms with E-state index in [9.17, 15) is 9.59 Å². The van der Waals surface area contributed by atoms with Gasteiger partial charge in [0, 0.05) is 20.1 Å². The molecule has 21 heavy (non-hydrogen) atoms. The van der Waals surface area contributed by atoms with Crippen LogP contribution in [0.1, 0.15) is 32.1 Å². The lowest BCUT2D eigenvalue weighted by Crippen LogP contribution is -2.38. The quantitative estimate of drug-likeness (QED) is 0.860. The van der Waals surface area contributed by atoms with Gasteiger partial charge in [-0.25, -0.2) is 4.79 Å². The average molecular weight is 294 g/mol. The zero-order chi connectivity index (χ0) is 15.2. The molecule has 1 aliphatic carbocycles. The Morgan fingerprint density at radius 1 is 1.33 bits per heavy atom. The number of carbonyl (C=O) groups excluding carboxylic acids is 2. The highest BCUT2D eigenvalue weighted by Gasteiger charge is 2.16. The largest absolute Gasteiger partial charge is 0.352 e. The van der Waals surface area contributed by atoms with Crippen molar-refractivity contribution in [3.8, 4) is 0 Å². The number of anilines is 1. The molecule has 0 radical (unpaired) electrons. The fraction of sp³-hybridized carbons (Fsp3) is 0.692. The van der Waals surface area contributed by atoms with Crippen molar-refractivity contribution in [2.75, 3.05) is 19.4 Å². The number of amides is 3. The lowest BCUT2D eigenvalue weighted by atomic mass is 9.95. The Morgan fingerprint density at radius 2 is 2.05 bits per heavy atom. The molecule has 2 rings (SSSR count). The number of rotatable bonds is 4. The molecule has 0 unspecified atom stereocenters. The Morgan fingerprint density at radius 3 is 2.71 bits per heavy atom. The van der Waals surface area contributed by atoms with Crippen molar-refractivity contribution in [3.63, 3.8) is 0 Å². The maximum absolute atomic E-state index is 11.9. The highest BCUT2D eigenvalue weighted by Crippen LogP contribution is 2.17. The van der Waals surface area contributed by atoms with Crippen LogP contribution in [-0.4, -0.2) is 52.0 Å². The summed E-state index contributed by atoms with van der Waals surface area (Å²) >= 11 is 0. The van der Waals surface area contributed by atoms with E-state index in [1.165, 1.54) is 35.2 Å². The van der Waals surface area contributed by atoms with Gasteiger partial charge >= 0.3 is 6.03 Å².